The van der Waals surface area contributed by atoms with Gasteiger partial charge in [-0.3, -0.25) is 4.79 Å². The van der Waals surface area contributed by atoms with Gasteiger partial charge in [0.1, 0.15) is 0 Å². The molecule has 0 saturated carbocycles. The van der Waals surface area contributed by atoms with Crippen LogP contribution in [0.3, 0.4) is 0 Å². The molecular formula is C12H26N2O2. The van der Waals surface area contributed by atoms with Crippen LogP contribution in [-0.2, 0) is 9.53 Å². The Balaban J connectivity index is 3.68. The van der Waals surface area contributed by atoms with Crippen LogP contribution in [0.5, 0.6) is 0 Å². The molecule has 0 aliphatic carbocycles. The minimum Gasteiger partial charge on any atom is -0.383 e. The van der Waals surface area contributed by atoms with Crippen LogP contribution in [0.15, 0.2) is 0 Å². The Labute approximate surface area is 99.1 Å². The van der Waals surface area contributed by atoms with Gasteiger partial charge in [0.2, 0.25) is 5.91 Å². The van der Waals surface area contributed by atoms with E-state index in [0.717, 1.165) is 12.8 Å². The van der Waals surface area contributed by atoms with Crippen LogP contribution in [0.1, 0.15) is 33.6 Å². The lowest BCUT2D eigenvalue weighted by Gasteiger charge is -2.22. The third kappa shape index (κ3) is 6.80. The Morgan fingerprint density at radius 2 is 1.94 bits per heavy atom. The molecule has 1 amide bonds. The average Bonchev–Trinajstić information content (AvgIpc) is 2.26. The van der Waals surface area contributed by atoms with Gasteiger partial charge in [0.25, 0.3) is 0 Å². The minimum absolute atomic E-state index is 0.0653. The van der Waals surface area contributed by atoms with Crippen molar-refractivity contribution < 1.29 is 9.53 Å². The Morgan fingerprint density at radius 3 is 2.44 bits per heavy atom. The molecule has 0 aliphatic rings. The number of hydrogen-bond acceptors (Lipinski definition) is 3. The van der Waals surface area contributed by atoms with E-state index in [4.69, 9.17) is 4.74 Å². The fourth-order valence-electron chi connectivity index (χ4n) is 1.79. The zero-order valence-corrected chi connectivity index (χ0v) is 11.0. The molecular weight excluding hydrogens is 204 g/mol. The average molecular weight is 230 g/mol. The SMILES string of the molecule is CCC(CC)C(C)NC(=O)CNCCOC. The van der Waals surface area contributed by atoms with Gasteiger partial charge in [-0.2, -0.15) is 0 Å². The Hall–Kier alpha value is -0.610. The maximum absolute atomic E-state index is 11.5. The van der Waals surface area contributed by atoms with E-state index in [1.54, 1.807) is 7.11 Å². The van der Waals surface area contributed by atoms with Crippen LogP contribution in [0.4, 0.5) is 0 Å². The molecule has 0 bridgehead atoms. The van der Waals surface area contributed by atoms with Gasteiger partial charge >= 0.3 is 0 Å². The van der Waals surface area contributed by atoms with Gasteiger partial charge in [-0.25, -0.2) is 0 Å². The summed E-state index contributed by atoms with van der Waals surface area (Å²) in [5, 5.41) is 6.05. The van der Waals surface area contributed by atoms with Crippen LogP contribution < -0.4 is 10.6 Å². The Kier molecular flexibility index (Phi) is 9.24. The second-order valence-corrected chi connectivity index (χ2v) is 4.10. The molecule has 0 saturated heterocycles. The molecule has 2 N–H and O–H groups in total. The number of amides is 1. The van der Waals surface area contributed by atoms with Crippen molar-refractivity contribution in [1.29, 1.82) is 0 Å². The summed E-state index contributed by atoms with van der Waals surface area (Å²) in [6.07, 6.45) is 2.21. The molecule has 0 heterocycles. The first kappa shape index (κ1) is 15.4. The third-order valence-electron chi connectivity index (χ3n) is 2.91. The highest BCUT2D eigenvalue weighted by atomic mass is 16.5. The van der Waals surface area contributed by atoms with Crippen LogP contribution in [0.2, 0.25) is 0 Å². The van der Waals surface area contributed by atoms with E-state index >= 15 is 0 Å². The van der Waals surface area contributed by atoms with Crippen LogP contribution in [0, 0.1) is 5.92 Å². The summed E-state index contributed by atoms with van der Waals surface area (Å²) in [5.41, 5.74) is 0. The maximum Gasteiger partial charge on any atom is 0.234 e. The maximum atomic E-state index is 11.5. The third-order valence-corrected chi connectivity index (χ3v) is 2.91. The van der Waals surface area contributed by atoms with Crippen molar-refractivity contribution in [3.63, 3.8) is 0 Å². The zero-order valence-electron chi connectivity index (χ0n) is 11.0. The van der Waals surface area contributed by atoms with Gasteiger partial charge in [-0.15, -0.1) is 0 Å². The van der Waals surface area contributed by atoms with E-state index in [9.17, 15) is 4.79 Å². The van der Waals surface area contributed by atoms with Crippen LogP contribution in [0.25, 0.3) is 0 Å². The lowest BCUT2D eigenvalue weighted by atomic mass is 9.95. The molecule has 0 aromatic heterocycles. The summed E-state index contributed by atoms with van der Waals surface area (Å²) in [5.74, 6) is 0.637. The van der Waals surface area contributed by atoms with Crippen molar-refractivity contribution in [3.05, 3.63) is 0 Å². The number of carbonyl (C=O) groups is 1. The van der Waals surface area contributed by atoms with E-state index in [1.807, 2.05) is 0 Å². The topological polar surface area (TPSA) is 50.4 Å². The smallest absolute Gasteiger partial charge is 0.234 e. The predicted octanol–water partition coefficient (Wildman–Crippen LogP) is 1.16. The van der Waals surface area contributed by atoms with E-state index in [-0.39, 0.29) is 11.9 Å². The summed E-state index contributed by atoms with van der Waals surface area (Å²) < 4.78 is 4.88. The van der Waals surface area contributed by atoms with Gasteiger partial charge in [0, 0.05) is 19.7 Å². The molecule has 96 valence electrons. The summed E-state index contributed by atoms with van der Waals surface area (Å²) in [4.78, 5) is 11.5. The summed E-state index contributed by atoms with van der Waals surface area (Å²) in [6.45, 7) is 8.11. The standard InChI is InChI=1S/C12H26N2O2/c1-5-11(6-2)10(3)14-12(15)9-13-7-8-16-4/h10-11,13H,5-9H2,1-4H3,(H,14,15). The Bertz CT molecular complexity index is 182. The van der Waals surface area contributed by atoms with Crippen molar-refractivity contribution >= 4 is 5.91 Å². The Morgan fingerprint density at radius 1 is 1.31 bits per heavy atom. The van der Waals surface area contributed by atoms with Crippen LogP contribution in [-0.4, -0.2) is 38.8 Å². The van der Waals surface area contributed by atoms with E-state index in [0.29, 0.717) is 25.6 Å². The molecule has 0 fully saturated rings. The number of carbonyl (C=O) groups excluding carboxylic acids is 1. The fraction of sp³-hybridized carbons (Fsp3) is 0.917. The zero-order chi connectivity index (χ0) is 12.4. The first-order valence-electron chi connectivity index (χ1n) is 6.14. The molecule has 4 heteroatoms. The van der Waals surface area contributed by atoms with Crippen LogP contribution >= 0.6 is 0 Å². The van der Waals surface area contributed by atoms with Gasteiger partial charge in [0.15, 0.2) is 0 Å². The monoisotopic (exact) mass is 230 g/mol. The lowest BCUT2D eigenvalue weighted by molar-refractivity contribution is -0.121. The predicted molar refractivity (Wildman–Crippen MR) is 66.4 cm³/mol. The number of ether oxygens (including phenoxy) is 1. The molecule has 0 aromatic rings. The highest BCUT2D eigenvalue weighted by Gasteiger charge is 2.15. The molecule has 0 spiro atoms. The van der Waals surface area contributed by atoms with Gasteiger partial charge < -0.3 is 15.4 Å². The fourth-order valence-corrected chi connectivity index (χ4v) is 1.79. The summed E-state index contributed by atoms with van der Waals surface area (Å²) >= 11 is 0. The molecule has 1 atom stereocenters. The second kappa shape index (κ2) is 9.60. The van der Waals surface area contributed by atoms with E-state index < -0.39 is 0 Å². The number of nitrogens with one attached hydrogen (secondary N) is 2. The van der Waals surface area contributed by atoms with E-state index in [1.165, 1.54) is 0 Å². The second-order valence-electron chi connectivity index (χ2n) is 4.10. The normalized spacial score (nSPS) is 12.8. The first-order chi connectivity index (χ1) is 7.65. The molecule has 0 radical (unpaired) electrons. The number of rotatable bonds is 9. The van der Waals surface area contributed by atoms with Crippen molar-refractivity contribution in [2.45, 2.75) is 39.7 Å². The van der Waals surface area contributed by atoms with Crippen molar-refractivity contribution in [3.8, 4) is 0 Å². The lowest BCUT2D eigenvalue weighted by Crippen LogP contribution is -2.42. The van der Waals surface area contributed by atoms with Gasteiger partial charge in [-0.1, -0.05) is 26.7 Å². The highest BCUT2D eigenvalue weighted by Crippen LogP contribution is 2.12. The van der Waals surface area contributed by atoms with Gasteiger partial charge in [0.05, 0.1) is 13.2 Å². The first-order valence-corrected chi connectivity index (χ1v) is 6.14. The van der Waals surface area contributed by atoms with Crippen molar-refractivity contribution in [1.82, 2.24) is 10.6 Å². The van der Waals surface area contributed by atoms with E-state index in [2.05, 4.69) is 31.4 Å². The minimum atomic E-state index is 0.0653. The number of methoxy groups -OCH3 is 1. The molecule has 0 aliphatic heterocycles. The quantitative estimate of drug-likeness (QED) is 0.584. The number of hydrogen-bond donors (Lipinski definition) is 2. The highest BCUT2D eigenvalue weighted by molar-refractivity contribution is 5.78. The van der Waals surface area contributed by atoms with Crippen molar-refractivity contribution in [2.75, 3.05) is 26.8 Å². The largest absolute Gasteiger partial charge is 0.383 e. The summed E-state index contributed by atoms with van der Waals surface area (Å²) in [6, 6.07) is 0.256. The molecule has 1 unspecified atom stereocenters. The molecule has 4 nitrogen and oxygen atoms in total. The molecule has 16 heavy (non-hydrogen) atoms. The van der Waals surface area contributed by atoms with Gasteiger partial charge in [-0.05, 0) is 12.8 Å². The molecule has 0 aromatic carbocycles. The summed E-state index contributed by atoms with van der Waals surface area (Å²) in [7, 11) is 1.65. The van der Waals surface area contributed by atoms with Crippen molar-refractivity contribution in [2.24, 2.45) is 5.92 Å². The molecule has 0 rings (SSSR count).